The SMILES string of the molecule is CCN(CC)C1=C=C=C(C(=O)NC2CCc3cc(/C=C/C(=O)NCCCCCC(=O)NO)ccc32)C=C1. The molecule has 2 aliphatic rings. The van der Waals surface area contributed by atoms with Gasteiger partial charge >= 0.3 is 0 Å². The van der Waals surface area contributed by atoms with E-state index in [2.05, 4.69) is 46.9 Å². The largest absolute Gasteiger partial charge is 0.365 e. The number of allylic oxidation sites excluding steroid dienone is 1. The van der Waals surface area contributed by atoms with Crippen LogP contribution in [0.15, 0.2) is 59.2 Å². The van der Waals surface area contributed by atoms with Gasteiger partial charge < -0.3 is 15.5 Å². The quantitative estimate of drug-likeness (QED) is 0.108. The van der Waals surface area contributed by atoms with Crippen molar-refractivity contribution < 1.29 is 19.6 Å². The number of amides is 3. The van der Waals surface area contributed by atoms with Gasteiger partial charge in [0.2, 0.25) is 11.8 Å². The summed E-state index contributed by atoms with van der Waals surface area (Å²) in [5.41, 5.74) is 12.3. The second-order valence-electron chi connectivity index (χ2n) is 9.05. The van der Waals surface area contributed by atoms with Crippen molar-refractivity contribution in [1.82, 2.24) is 21.0 Å². The molecule has 3 amide bonds. The van der Waals surface area contributed by atoms with Crippen molar-refractivity contribution in [3.05, 3.63) is 75.9 Å². The summed E-state index contributed by atoms with van der Waals surface area (Å²) in [6.45, 7) is 6.45. The minimum Gasteiger partial charge on any atom is -0.365 e. The predicted octanol–water partition coefficient (Wildman–Crippen LogP) is 3.46. The van der Waals surface area contributed by atoms with E-state index in [0.717, 1.165) is 55.6 Å². The molecule has 0 bridgehead atoms. The van der Waals surface area contributed by atoms with E-state index in [-0.39, 0.29) is 24.3 Å². The fourth-order valence-corrected chi connectivity index (χ4v) is 4.47. The molecule has 0 aromatic heterocycles. The maximum absolute atomic E-state index is 12.8. The van der Waals surface area contributed by atoms with E-state index < -0.39 is 5.91 Å². The normalized spacial score (nSPS) is 15.7. The fraction of sp³-hybridized carbons (Fsp3) is 0.414. The van der Waals surface area contributed by atoms with Crippen molar-refractivity contribution >= 4 is 23.8 Å². The number of hydrogen-bond donors (Lipinski definition) is 4. The first-order valence-electron chi connectivity index (χ1n) is 13.0. The number of carbonyl (C=O) groups excluding carboxylic acids is 3. The molecule has 1 atom stereocenters. The fourth-order valence-electron chi connectivity index (χ4n) is 4.47. The number of rotatable bonds is 13. The van der Waals surface area contributed by atoms with E-state index in [0.29, 0.717) is 18.5 Å². The summed E-state index contributed by atoms with van der Waals surface area (Å²) in [4.78, 5) is 38.0. The van der Waals surface area contributed by atoms with Crippen LogP contribution in [-0.4, -0.2) is 47.5 Å². The third-order valence-electron chi connectivity index (χ3n) is 6.56. The third kappa shape index (κ3) is 8.09. The van der Waals surface area contributed by atoms with Crippen LogP contribution in [0.2, 0.25) is 0 Å². The summed E-state index contributed by atoms with van der Waals surface area (Å²) in [6, 6.07) is 5.99. The van der Waals surface area contributed by atoms with Crippen LogP contribution in [-0.2, 0) is 20.8 Å². The predicted molar refractivity (Wildman–Crippen MR) is 142 cm³/mol. The molecule has 0 heterocycles. The van der Waals surface area contributed by atoms with Gasteiger partial charge in [-0.05, 0) is 80.2 Å². The van der Waals surface area contributed by atoms with E-state index in [9.17, 15) is 14.4 Å². The van der Waals surface area contributed by atoms with Crippen molar-refractivity contribution in [2.45, 2.75) is 58.4 Å². The maximum Gasteiger partial charge on any atom is 0.260 e. The smallest absolute Gasteiger partial charge is 0.260 e. The van der Waals surface area contributed by atoms with Crippen molar-refractivity contribution in [3.8, 4) is 0 Å². The van der Waals surface area contributed by atoms with Crippen LogP contribution in [0.25, 0.3) is 6.08 Å². The Morgan fingerprint density at radius 2 is 1.92 bits per heavy atom. The van der Waals surface area contributed by atoms with Crippen molar-refractivity contribution in [2.24, 2.45) is 0 Å². The molecular formula is C29H36N4O4. The van der Waals surface area contributed by atoms with E-state index in [1.165, 1.54) is 11.6 Å². The van der Waals surface area contributed by atoms with Gasteiger partial charge in [0.1, 0.15) is 0 Å². The van der Waals surface area contributed by atoms with Gasteiger partial charge in [0.25, 0.3) is 5.91 Å². The Balaban J connectivity index is 1.50. The van der Waals surface area contributed by atoms with Crippen LogP contribution in [0.5, 0.6) is 0 Å². The number of benzene rings is 1. The first-order chi connectivity index (χ1) is 17.9. The summed E-state index contributed by atoms with van der Waals surface area (Å²) in [7, 11) is 0. The van der Waals surface area contributed by atoms with Gasteiger partial charge in [0.15, 0.2) is 0 Å². The summed E-state index contributed by atoms with van der Waals surface area (Å²) in [6.07, 6.45) is 11.2. The maximum atomic E-state index is 12.8. The molecule has 1 aromatic carbocycles. The van der Waals surface area contributed by atoms with Gasteiger partial charge in [-0.15, -0.1) is 0 Å². The molecule has 3 rings (SSSR count). The van der Waals surface area contributed by atoms with Gasteiger partial charge in [-0.3, -0.25) is 19.6 Å². The molecule has 1 aromatic rings. The molecular weight excluding hydrogens is 468 g/mol. The zero-order chi connectivity index (χ0) is 26.6. The number of nitrogens with zero attached hydrogens (tertiary/aromatic N) is 1. The molecule has 8 heteroatoms. The number of likely N-dealkylation sites (N-methyl/N-ethyl adjacent to an activating group) is 1. The molecule has 37 heavy (non-hydrogen) atoms. The Kier molecular flexibility index (Phi) is 10.5. The molecule has 0 saturated carbocycles. The van der Waals surface area contributed by atoms with Crippen LogP contribution in [0.3, 0.4) is 0 Å². The van der Waals surface area contributed by atoms with Crippen molar-refractivity contribution in [3.63, 3.8) is 0 Å². The molecule has 4 N–H and O–H groups in total. The lowest BCUT2D eigenvalue weighted by molar-refractivity contribution is -0.129. The summed E-state index contributed by atoms with van der Waals surface area (Å²) < 4.78 is 0. The summed E-state index contributed by atoms with van der Waals surface area (Å²) in [5, 5.41) is 14.4. The number of unbranched alkanes of at least 4 members (excludes halogenated alkanes) is 2. The standard InChI is InChI=1S/C29H36N4O4/c1-3-33(4-2)24-14-11-22(12-15-24)29(36)31-26-17-13-23-20-21(9-16-25(23)26)10-18-27(34)30-19-7-5-6-8-28(35)32-37/h9-11,14,16,18,20,26,37H,3-8,13,17,19H2,1-2H3,(H,30,34)(H,31,36)(H,32,35)/b18-10+. The second kappa shape index (κ2) is 14.0. The Labute approximate surface area is 218 Å². The van der Waals surface area contributed by atoms with Crippen molar-refractivity contribution in [2.75, 3.05) is 19.6 Å². The van der Waals surface area contributed by atoms with Gasteiger partial charge in [-0.2, -0.15) is 0 Å². The average molecular weight is 505 g/mol. The number of hydroxylamine groups is 1. The molecule has 196 valence electrons. The molecule has 0 aliphatic heterocycles. The monoisotopic (exact) mass is 504 g/mol. The van der Waals surface area contributed by atoms with E-state index in [4.69, 9.17) is 5.21 Å². The molecule has 2 aliphatic carbocycles. The molecule has 1 unspecified atom stereocenters. The lowest BCUT2D eigenvalue weighted by Crippen LogP contribution is -2.28. The third-order valence-corrected chi connectivity index (χ3v) is 6.56. The Bertz CT molecular complexity index is 1170. The van der Waals surface area contributed by atoms with E-state index >= 15 is 0 Å². The number of aryl methyl sites for hydroxylation is 1. The first-order valence-corrected chi connectivity index (χ1v) is 13.0. The molecule has 8 nitrogen and oxygen atoms in total. The van der Waals surface area contributed by atoms with Crippen molar-refractivity contribution in [1.29, 1.82) is 0 Å². The first kappa shape index (κ1) is 27.8. The van der Waals surface area contributed by atoms with Crippen LogP contribution >= 0.6 is 0 Å². The minimum absolute atomic E-state index is 0.0526. The highest BCUT2D eigenvalue weighted by molar-refractivity contribution is 5.96. The highest BCUT2D eigenvalue weighted by atomic mass is 16.5. The lowest BCUT2D eigenvalue weighted by Gasteiger charge is -2.21. The number of hydrogen-bond acceptors (Lipinski definition) is 5. The number of nitrogens with one attached hydrogen (secondary N) is 3. The molecule has 0 fully saturated rings. The lowest BCUT2D eigenvalue weighted by atomic mass is 10.0. The number of fused-ring (bicyclic) bond motifs is 1. The van der Waals surface area contributed by atoms with Gasteiger partial charge in [0.05, 0.1) is 17.3 Å². The topological polar surface area (TPSA) is 111 Å². The second-order valence-corrected chi connectivity index (χ2v) is 9.05. The average Bonchev–Trinajstić information content (AvgIpc) is 3.32. The highest BCUT2D eigenvalue weighted by Gasteiger charge is 2.25. The number of carbonyl (C=O) groups is 3. The van der Waals surface area contributed by atoms with Crippen LogP contribution in [0, 0.1) is 0 Å². The zero-order valence-corrected chi connectivity index (χ0v) is 21.6. The Morgan fingerprint density at radius 1 is 1.11 bits per heavy atom. The van der Waals surface area contributed by atoms with Crippen LogP contribution in [0.1, 0.15) is 68.7 Å². The van der Waals surface area contributed by atoms with Gasteiger partial charge in [-0.25, -0.2) is 5.48 Å². The van der Waals surface area contributed by atoms with Gasteiger partial charge in [-0.1, -0.05) is 30.4 Å². The zero-order valence-electron chi connectivity index (χ0n) is 21.6. The highest BCUT2D eigenvalue weighted by Crippen LogP contribution is 2.32. The van der Waals surface area contributed by atoms with Crippen LogP contribution in [0.4, 0.5) is 0 Å². The summed E-state index contributed by atoms with van der Waals surface area (Å²) >= 11 is 0. The molecule has 0 radical (unpaired) electrons. The molecule has 0 spiro atoms. The van der Waals surface area contributed by atoms with Gasteiger partial charge in [0, 0.05) is 32.1 Å². The van der Waals surface area contributed by atoms with E-state index in [1.54, 1.807) is 17.6 Å². The Hall–Kier alpha value is -3.83. The van der Waals surface area contributed by atoms with E-state index in [1.807, 2.05) is 18.2 Å². The minimum atomic E-state index is -0.395. The van der Waals surface area contributed by atoms with Crippen LogP contribution < -0.4 is 16.1 Å². The summed E-state index contributed by atoms with van der Waals surface area (Å²) in [5.74, 6) is -0.718. The Morgan fingerprint density at radius 3 is 2.62 bits per heavy atom. The molecule has 0 saturated heterocycles.